The molecule has 3 aromatic rings. The van der Waals surface area contributed by atoms with Crippen LogP contribution in [0.5, 0.6) is 0 Å². The second kappa shape index (κ2) is 13.9. The molecule has 12 heteroatoms. The van der Waals surface area contributed by atoms with Crippen molar-refractivity contribution >= 4 is 39.3 Å². The van der Waals surface area contributed by atoms with Crippen molar-refractivity contribution in [3.63, 3.8) is 0 Å². The van der Waals surface area contributed by atoms with Crippen molar-refractivity contribution in [2.75, 3.05) is 51.3 Å². The summed E-state index contributed by atoms with van der Waals surface area (Å²) in [5.41, 5.74) is 2.31. The van der Waals surface area contributed by atoms with E-state index in [0.29, 0.717) is 10.5 Å². The van der Waals surface area contributed by atoms with Crippen LogP contribution in [-0.2, 0) is 14.3 Å². The van der Waals surface area contributed by atoms with Crippen LogP contribution >= 0.6 is 11.3 Å². The van der Waals surface area contributed by atoms with E-state index in [1.54, 1.807) is 6.92 Å². The van der Waals surface area contributed by atoms with Gasteiger partial charge in [0.05, 0.1) is 19.8 Å². The van der Waals surface area contributed by atoms with E-state index in [0.717, 1.165) is 66.3 Å². The molecule has 228 valence electrons. The van der Waals surface area contributed by atoms with Gasteiger partial charge in [-0.25, -0.2) is 0 Å². The first kappa shape index (κ1) is 31.1. The van der Waals surface area contributed by atoms with Gasteiger partial charge in [-0.2, -0.15) is 5.26 Å². The summed E-state index contributed by atoms with van der Waals surface area (Å²) in [5.74, 6) is -0.823. The fourth-order valence-corrected chi connectivity index (χ4v) is 6.30. The molecular formula is C31H36N4O7S. The number of aliphatic hydroxyl groups is 4. The summed E-state index contributed by atoms with van der Waals surface area (Å²) in [6, 6.07) is 16.8. The van der Waals surface area contributed by atoms with Crippen molar-refractivity contribution in [2.45, 2.75) is 37.6 Å². The molecule has 6 N–H and O–H groups in total. The smallest absolute Gasteiger partial charge is 0.262 e. The third kappa shape index (κ3) is 7.06. The lowest BCUT2D eigenvalue weighted by atomic mass is 9.96. The number of allylic oxidation sites excluding steroid dienone is 1. The largest absolute Gasteiger partial charge is 0.394 e. The minimum absolute atomic E-state index is 0.196. The van der Waals surface area contributed by atoms with Crippen molar-refractivity contribution in [1.29, 1.82) is 5.26 Å². The van der Waals surface area contributed by atoms with Gasteiger partial charge in [0.2, 0.25) is 0 Å². The number of aliphatic hydroxyl groups excluding tert-OH is 4. The number of thiophene rings is 1. The third-order valence-corrected chi connectivity index (χ3v) is 9.13. The number of hydrogen-bond acceptors (Lipinski definition) is 11. The van der Waals surface area contributed by atoms with E-state index in [-0.39, 0.29) is 5.57 Å². The maximum absolute atomic E-state index is 13.0. The lowest BCUT2D eigenvalue weighted by Gasteiger charge is -2.40. The molecule has 1 unspecified atom stereocenters. The van der Waals surface area contributed by atoms with Gasteiger partial charge in [-0.05, 0) is 59.2 Å². The topological polar surface area (TPSA) is 168 Å². The molecule has 2 aliphatic heterocycles. The Morgan fingerprint density at radius 3 is 2.56 bits per heavy atom. The highest BCUT2D eigenvalue weighted by atomic mass is 32.1. The van der Waals surface area contributed by atoms with E-state index in [9.17, 15) is 30.5 Å². The molecule has 0 radical (unpaired) electrons. The summed E-state index contributed by atoms with van der Waals surface area (Å²) in [6.45, 7) is 6.38. The summed E-state index contributed by atoms with van der Waals surface area (Å²) in [6.07, 6.45) is -6.01. The Labute approximate surface area is 253 Å². The SMILES string of the molecule is C/C(=C(/C#N)C(=O)N[C@H]1C(O)O[C@H](CO)[C@@H](O)[C@@H]1O)c1ccc(-c2ccc3cc(NCCN4CCOCC4)ccc3c2)s1. The Morgan fingerprint density at radius 2 is 1.81 bits per heavy atom. The lowest BCUT2D eigenvalue weighted by Crippen LogP contribution is -2.64. The number of benzene rings is 2. The minimum atomic E-state index is -1.68. The zero-order chi connectivity index (χ0) is 30.5. The Hall–Kier alpha value is -3.38. The maximum atomic E-state index is 13.0. The van der Waals surface area contributed by atoms with Crippen LogP contribution in [0.4, 0.5) is 5.69 Å². The molecule has 1 aromatic heterocycles. The predicted octanol–water partition coefficient (Wildman–Crippen LogP) is 1.53. The number of carbonyl (C=O) groups is 1. The van der Waals surface area contributed by atoms with E-state index in [4.69, 9.17) is 9.47 Å². The number of carbonyl (C=O) groups excluding carboxylic acids is 1. The first-order valence-corrected chi connectivity index (χ1v) is 15.0. The van der Waals surface area contributed by atoms with Crippen LogP contribution in [-0.4, -0.2) is 108 Å². The monoisotopic (exact) mass is 608 g/mol. The molecule has 2 fully saturated rings. The average molecular weight is 609 g/mol. The van der Waals surface area contributed by atoms with Crippen LogP contribution < -0.4 is 10.6 Å². The quantitative estimate of drug-likeness (QED) is 0.155. The fraction of sp³-hybridized carbons (Fsp3) is 0.419. The van der Waals surface area contributed by atoms with Crippen LogP contribution in [0.1, 0.15) is 11.8 Å². The van der Waals surface area contributed by atoms with Gasteiger partial charge in [0.1, 0.15) is 36.0 Å². The van der Waals surface area contributed by atoms with E-state index in [2.05, 4.69) is 45.9 Å². The first-order valence-electron chi connectivity index (χ1n) is 14.2. The van der Waals surface area contributed by atoms with Crippen molar-refractivity contribution in [1.82, 2.24) is 10.2 Å². The summed E-state index contributed by atoms with van der Waals surface area (Å²) in [7, 11) is 0. The second-order valence-electron chi connectivity index (χ2n) is 10.7. The normalized spacial score (nSPS) is 25.2. The zero-order valence-corrected chi connectivity index (χ0v) is 24.6. The van der Waals surface area contributed by atoms with Crippen molar-refractivity contribution in [3.05, 3.63) is 59.0 Å². The molecular weight excluding hydrogens is 572 g/mol. The van der Waals surface area contributed by atoms with Crippen LogP contribution in [0.25, 0.3) is 26.8 Å². The van der Waals surface area contributed by atoms with E-state index in [1.165, 1.54) is 11.3 Å². The Bertz CT molecular complexity index is 1510. The molecule has 2 aromatic carbocycles. The number of fused-ring (bicyclic) bond motifs is 1. The van der Waals surface area contributed by atoms with Gasteiger partial charge in [-0.3, -0.25) is 9.69 Å². The molecule has 2 saturated heterocycles. The van der Waals surface area contributed by atoms with E-state index in [1.807, 2.05) is 24.3 Å². The van der Waals surface area contributed by atoms with Crippen LogP contribution in [0, 0.1) is 11.3 Å². The summed E-state index contributed by atoms with van der Waals surface area (Å²) in [5, 5.41) is 57.8. The molecule has 11 nitrogen and oxygen atoms in total. The highest BCUT2D eigenvalue weighted by Gasteiger charge is 2.44. The number of morpholine rings is 1. The van der Waals surface area contributed by atoms with E-state index < -0.39 is 43.2 Å². The Balaban J connectivity index is 1.26. The van der Waals surface area contributed by atoms with Gasteiger partial charge < -0.3 is 40.5 Å². The molecule has 5 atom stereocenters. The summed E-state index contributed by atoms with van der Waals surface area (Å²) in [4.78, 5) is 17.1. The Kier molecular flexibility index (Phi) is 10.1. The molecule has 0 aliphatic carbocycles. The fourth-order valence-electron chi connectivity index (χ4n) is 5.29. The molecule has 0 saturated carbocycles. The van der Waals surface area contributed by atoms with Gasteiger partial charge >= 0.3 is 0 Å². The molecule has 0 spiro atoms. The van der Waals surface area contributed by atoms with Crippen molar-refractivity contribution in [3.8, 4) is 16.5 Å². The lowest BCUT2D eigenvalue weighted by molar-refractivity contribution is -0.253. The number of nitriles is 1. The van der Waals surface area contributed by atoms with Crippen LogP contribution in [0.15, 0.2) is 54.1 Å². The van der Waals surface area contributed by atoms with Crippen molar-refractivity contribution < 1.29 is 34.7 Å². The highest BCUT2D eigenvalue weighted by molar-refractivity contribution is 7.16. The Morgan fingerprint density at radius 1 is 1.07 bits per heavy atom. The zero-order valence-electron chi connectivity index (χ0n) is 23.8. The molecule has 1 amide bonds. The number of amides is 1. The number of nitrogens with zero attached hydrogens (tertiary/aromatic N) is 2. The van der Waals surface area contributed by atoms with Gasteiger partial charge in [0.15, 0.2) is 6.29 Å². The molecule has 3 heterocycles. The molecule has 2 aliphatic rings. The average Bonchev–Trinajstić information content (AvgIpc) is 3.52. The number of nitrogens with one attached hydrogen (secondary N) is 2. The molecule has 5 rings (SSSR count). The summed E-state index contributed by atoms with van der Waals surface area (Å²) >= 11 is 1.44. The van der Waals surface area contributed by atoms with Gasteiger partial charge in [-0.1, -0.05) is 18.2 Å². The van der Waals surface area contributed by atoms with Gasteiger partial charge in [0.25, 0.3) is 5.91 Å². The first-order chi connectivity index (χ1) is 20.8. The standard InChI is InChI=1S/C31H36N4O7S/c1-18(23(16-32)30(39)34-27-29(38)28(37)24(17-36)42-31(27)40)25-6-7-26(43-25)21-3-2-20-15-22(5-4-19(20)14-21)33-8-9-35-10-12-41-13-11-35/h2-7,14-15,24,27-29,31,33,36-38,40H,8-13,17H2,1H3,(H,34,39)/b23-18+/t24-,27-,28-,29-,31?/m1/s1. The number of anilines is 1. The van der Waals surface area contributed by atoms with Crippen molar-refractivity contribution in [2.24, 2.45) is 0 Å². The number of rotatable bonds is 9. The number of ether oxygens (including phenoxy) is 2. The summed E-state index contributed by atoms with van der Waals surface area (Å²) < 4.78 is 10.5. The van der Waals surface area contributed by atoms with Gasteiger partial charge in [-0.15, -0.1) is 11.3 Å². The maximum Gasteiger partial charge on any atom is 0.262 e. The third-order valence-electron chi connectivity index (χ3n) is 7.87. The minimum Gasteiger partial charge on any atom is -0.394 e. The molecule has 43 heavy (non-hydrogen) atoms. The van der Waals surface area contributed by atoms with Gasteiger partial charge in [0, 0.05) is 41.6 Å². The second-order valence-corrected chi connectivity index (χ2v) is 11.7. The predicted molar refractivity (Wildman–Crippen MR) is 163 cm³/mol. The number of hydrogen-bond donors (Lipinski definition) is 6. The van der Waals surface area contributed by atoms with E-state index >= 15 is 0 Å². The van der Waals surface area contributed by atoms with Crippen LogP contribution in [0.2, 0.25) is 0 Å². The van der Waals surface area contributed by atoms with Crippen LogP contribution in [0.3, 0.4) is 0 Å². The molecule has 0 bridgehead atoms. The highest BCUT2D eigenvalue weighted by Crippen LogP contribution is 2.35.